The van der Waals surface area contributed by atoms with E-state index in [-0.39, 0.29) is 6.10 Å². The van der Waals surface area contributed by atoms with Crippen molar-refractivity contribution in [1.82, 2.24) is 0 Å². The Labute approximate surface area is 171 Å². The average Bonchev–Trinajstić information content (AvgIpc) is 3.26. The molecular formula is C22H29N3O4. The molecule has 156 valence electrons. The molecule has 0 radical (unpaired) electrons. The van der Waals surface area contributed by atoms with Crippen molar-refractivity contribution < 1.29 is 18.9 Å². The van der Waals surface area contributed by atoms with Gasteiger partial charge in [0.1, 0.15) is 0 Å². The maximum absolute atomic E-state index is 6.25. The highest BCUT2D eigenvalue weighted by Gasteiger charge is 2.20. The fraction of sp³-hybridized carbons (Fsp3) is 0.409. The number of methoxy groups -OCH3 is 3. The summed E-state index contributed by atoms with van der Waals surface area (Å²) in [7, 11) is 4.84. The number of anilines is 1. The Kier molecular flexibility index (Phi) is 7.05. The number of ether oxygens (including phenoxy) is 4. The first kappa shape index (κ1) is 20.6. The highest BCUT2D eigenvalue weighted by molar-refractivity contribution is 5.92. The molecule has 3 rings (SSSR count). The molecule has 2 aromatic rings. The van der Waals surface area contributed by atoms with E-state index in [1.165, 1.54) is 12.8 Å². The largest absolute Gasteiger partial charge is 0.493 e. The Bertz CT molecular complexity index is 848. The van der Waals surface area contributed by atoms with E-state index in [1.807, 2.05) is 30.3 Å². The maximum atomic E-state index is 6.25. The predicted octanol–water partition coefficient (Wildman–Crippen LogP) is 3.96. The lowest BCUT2D eigenvalue weighted by Gasteiger charge is -2.18. The Morgan fingerprint density at radius 3 is 2.41 bits per heavy atom. The lowest BCUT2D eigenvalue weighted by molar-refractivity contribution is 0.198. The molecule has 7 heteroatoms. The number of nitrogens with one attached hydrogen (secondary N) is 1. The standard InChI is InChI=1S/C22H29N3O4/c1-26-18-12-11-16(13-20(18)28-3)25-22(23)24-14-15-7-6-10-19(27-2)21(15)29-17-8-4-5-9-17/h6-7,10-13,17H,4-5,8-9,14H2,1-3H3,(H3,23,24,25). The van der Waals surface area contributed by atoms with Gasteiger partial charge in [-0.1, -0.05) is 12.1 Å². The topological polar surface area (TPSA) is 87.3 Å². The second-order valence-electron chi connectivity index (χ2n) is 6.87. The minimum atomic E-state index is 0.233. The van der Waals surface area contributed by atoms with Crippen molar-refractivity contribution in [3.05, 3.63) is 42.0 Å². The zero-order valence-electron chi connectivity index (χ0n) is 17.2. The van der Waals surface area contributed by atoms with Crippen molar-refractivity contribution in [3.63, 3.8) is 0 Å². The first-order chi connectivity index (χ1) is 14.1. The molecule has 0 atom stereocenters. The minimum absolute atomic E-state index is 0.233. The second kappa shape index (κ2) is 9.91. The highest BCUT2D eigenvalue weighted by atomic mass is 16.5. The van der Waals surface area contributed by atoms with Crippen LogP contribution in [0.2, 0.25) is 0 Å². The summed E-state index contributed by atoms with van der Waals surface area (Å²) < 4.78 is 22.3. The van der Waals surface area contributed by atoms with Crippen molar-refractivity contribution >= 4 is 11.6 Å². The molecule has 0 spiro atoms. The van der Waals surface area contributed by atoms with Crippen molar-refractivity contribution in [3.8, 4) is 23.0 Å². The van der Waals surface area contributed by atoms with Gasteiger partial charge in [-0.3, -0.25) is 0 Å². The molecule has 0 aliphatic heterocycles. The third-order valence-corrected chi connectivity index (χ3v) is 4.94. The molecule has 0 aromatic heterocycles. The van der Waals surface area contributed by atoms with Crippen LogP contribution in [0.5, 0.6) is 23.0 Å². The quantitative estimate of drug-likeness (QED) is 0.516. The number of hydrogen-bond acceptors (Lipinski definition) is 5. The number of rotatable bonds is 8. The van der Waals surface area contributed by atoms with Crippen LogP contribution < -0.4 is 30.0 Å². The molecule has 0 unspecified atom stereocenters. The van der Waals surface area contributed by atoms with Gasteiger partial charge in [0, 0.05) is 17.3 Å². The van der Waals surface area contributed by atoms with E-state index in [4.69, 9.17) is 24.7 Å². The van der Waals surface area contributed by atoms with Crippen LogP contribution >= 0.6 is 0 Å². The minimum Gasteiger partial charge on any atom is -0.493 e. The van der Waals surface area contributed by atoms with Crippen molar-refractivity contribution in [2.75, 3.05) is 26.6 Å². The fourth-order valence-corrected chi connectivity index (χ4v) is 3.42. The van der Waals surface area contributed by atoms with Crippen LogP contribution in [0.1, 0.15) is 31.2 Å². The molecule has 29 heavy (non-hydrogen) atoms. The zero-order valence-corrected chi connectivity index (χ0v) is 17.2. The number of aliphatic imine (C=N–C) groups is 1. The van der Waals surface area contributed by atoms with Gasteiger partial charge in [-0.05, 0) is 43.9 Å². The van der Waals surface area contributed by atoms with Gasteiger partial charge >= 0.3 is 0 Å². The first-order valence-electron chi connectivity index (χ1n) is 9.76. The Morgan fingerprint density at radius 2 is 1.72 bits per heavy atom. The molecule has 1 aliphatic carbocycles. The van der Waals surface area contributed by atoms with Crippen molar-refractivity contribution in [2.45, 2.75) is 38.3 Å². The predicted molar refractivity (Wildman–Crippen MR) is 114 cm³/mol. The third-order valence-electron chi connectivity index (χ3n) is 4.94. The molecule has 0 saturated heterocycles. The summed E-state index contributed by atoms with van der Waals surface area (Å²) in [5, 5.41) is 3.08. The van der Waals surface area contributed by atoms with Gasteiger partial charge in [-0.15, -0.1) is 0 Å². The molecule has 1 fully saturated rings. The smallest absolute Gasteiger partial charge is 0.193 e. The molecule has 0 heterocycles. The zero-order chi connectivity index (χ0) is 20.6. The van der Waals surface area contributed by atoms with E-state index in [0.717, 1.165) is 35.6 Å². The molecule has 2 aromatic carbocycles. The van der Waals surface area contributed by atoms with Gasteiger partial charge in [-0.2, -0.15) is 0 Å². The summed E-state index contributed by atoms with van der Waals surface area (Å²) in [5.74, 6) is 3.04. The molecule has 1 aliphatic rings. The number of benzene rings is 2. The van der Waals surface area contributed by atoms with Gasteiger partial charge in [0.2, 0.25) is 0 Å². The highest BCUT2D eigenvalue weighted by Crippen LogP contribution is 2.35. The van der Waals surface area contributed by atoms with E-state index in [1.54, 1.807) is 27.4 Å². The monoisotopic (exact) mass is 399 g/mol. The normalized spacial score (nSPS) is 14.5. The van der Waals surface area contributed by atoms with Gasteiger partial charge in [0.05, 0.1) is 34.0 Å². The number of para-hydroxylation sites is 1. The Hall–Kier alpha value is -3.09. The number of nitrogens with zero attached hydrogens (tertiary/aromatic N) is 1. The Balaban J connectivity index is 1.73. The molecule has 1 saturated carbocycles. The van der Waals surface area contributed by atoms with E-state index in [2.05, 4.69) is 10.3 Å². The van der Waals surface area contributed by atoms with Gasteiger partial charge in [0.25, 0.3) is 0 Å². The van der Waals surface area contributed by atoms with Gasteiger partial charge in [0.15, 0.2) is 29.0 Å². The third kappa shape index (κ3) is 5.25. The first-order valence-corrected chi connectivity index (χ1v) is 9.76. The van der Waals surface area contributed by atoms with E-state index in [9.17, 15) is 0 Å². The summed E-state index contributed by atoms with van der Waals surface area (Å²) in [6.45, 7) is 0.380. The van der Waals surface area contributed by atoms with Gasteiger partial charge < -0.3 is 30.0 Å². The summed E-state index contributed by atoms with van der Waals surface area (Å²) in [5.41, 5.74) is 7.79. The molecule has 3 N–H and O–H groups in total. The number of nitrogens with two attached hydrogens (primary N) is 1. The van der Waals surface area contributed by atoms with Gasteiger partial charge in [-0.25, -0.2) is 4.99 Å². The summed E-state index contributed by atoms with van der Waals surface area (Å²) in [4.78, 5) is 4.47. The summed E-state index contributed by atoms with van der Waals surface area (Å²) in [6.07, 6.45) is 4.79. The van der Waals surface area contributed by atoms with Crippen LogP contribution in [0.3, 0.4) is 0 Å². The van der Waals surface area contributed by atoms with Crippen LogP contribution in [0.4, 0.5) is 5.69 Å². The lowest BCUT2D eigenvalue weighted by atomic mass is 10.1. The van der Waals surface area contributed by atoms with Crippen LogP contribution in [0.25, 0.3) is 0 Å². The number of guanidine groups is 1. The maximum Gasteiger partial charge on any atom is 0.193 e. The Morgan fingerprint density at radius 1 is 1.00 bits per heavy atom. The summed E-state index contributed by atoms with van der Waals surface area (Å²) >= 11 is 0. The van der Waals surface area contributed by atoms with E-state index >= 15 is 0 Å². The van der Waals surface area contributed by atoms with Crippen LogP contribution in [0, 0.1) is 0 Å². The fourth-order valence-electron chi connectivity index (χ4n) is 3.42. The molecular weight excluding hydrogens is 370 g/mol. The molecule has 0 amide bonds. The van der Waals surface area contributed by atoms with Crippen LogP contribution in [-0.2, 0) is 6.54 Å². The van der Waals surface area contributed by atoms with E-state index in [0.29, 0.717) is 24.0 Å². The average molecular weight is 399 g/mol. The number of hydrogen-bond donors (Lipinski definition) is 2. The van der Waals surface area contributed by atoms with Crippen molar-refractivity contribution in [2.24, 2.45) is 10.7 Å². The van der Waals surface area contributed by atoms with Crippen molar-refractivity contribution in [1.29, 1.82) is 0 Å². The van der Waals surface area contributed by atoms with E-state index < -0.39 is 0 Å². The summed E-state index contributed by atoms with van der Waals surface area (Å²) in [6, 6.07) is 11.3. The van der Waals surface area contributed by atoms with Crippen LogP contribution in [0.15, 0.2) is 41.4 Å². The lowest BCUT2D eigenvalue weighted by Crippen LogP contribution is -2.22. The molecule has 7 nitrogen and oxygen atoms in total. The van der Waals surface area contributed by atoms with Crippen LogP contribution in [-0.4, -0.2) is 33.4 Å². The SMILES string of the molecule is COc1ccc(NC(N)=NCc2cccc(OC)c2OC2CCCC2)cc1OC. The molecule has 0 bridgehead atoms. The second-order valence-corrected chi connectivity index (χ2v) is 6.87.